The van der Waals surface area contributed by atoms with E-state index in [1.165, 1.54) is 0 Å². The number of aromatic nitrogens is 3. The van der Waals surface area contributed by atoms with Crippen LogP contribution in [0.15, 0.2) is 42.9 Å². The molecule has 1 aromatic carbocycles. The maximum Gasteiger partial charge on any atom is 0.249 e. The molecule has 0 bridgehead atoms. The Labute approximate surface area is 186 Å². The molecule has 3 aromatic rings. The van der Waals surface area contributed by atoms with Crippen LogP contribution >= 0.6 is 0 Å². The number of aliphatic hydroxyl groups is 1. The largest absolute Gasteiger partial charge is 0.369 e. The van der Waals surface area contributed by atoms with Crippen molar-refractivity contribution in [3.8, 4) is 11.1 Å². The third-order valence-electron chi connectivity index (χ3n) is 5.99. The van der Waals surface area contributed by atoms with E-state index in [1.54, 1.807) is 17.1 Å². The van der Waals surface area contributed by atoms with Crippen LogP contribution in [-0.4, -0.2) is 38.9 Å². The van der Waals surface area contributed by atoms with Crippen LogP contribution in [0.2, 0.25) is 0 Å². The average molecular weight is 442 g/mol. The fourth-order valence-corrected chi connectivity index (χ4v) is 4.28. The second-order valence-electron chi connectivity index (χ2n) is 8.55. The van der Waals surface area contributed by atoms with Crippen LogP contribution in [0.25, 0.3) is 11.1 Å². The van der Waals surface area contributed by atoms with Crippen LogP contribution < -0.4 is 10.2 Å². The molecule has 0 aliphatic carbocycles. The van der Waals surface area contributed by atoms with E-state index in [0.717, 1.165) is 27.9 Å². The quantitative estimate of drug-likeness (QED) is 0.556. The first-order valence-corrected chi connectivity index (χ1v) is 10.9. The van der Waals surface area contributed by atoms with E-state index in [1.807, 2.05) is 56.3 Å². The van der Waals surface area contributed by atoms with E-state index in [2.05, 4.69) is 15.4 Å². The smallest absolute Gasteiger partial charge is 0.249 e. The molecule has 2 aromatic heterocycles. The van der Waals surface area contributed by atoms with Gasteiger partial charge in [-0.2, -0.15) is 5.10 Å². The number of nitrogens with one attached hydrogen (secondary N) is 1. The SMILES string of the molecule is Cc1cccc(NC(O)c2c(N3CCCC(F)(F)CC3)ncc(-c3cnn(C)c3)c2C)c1. The van der Waals surface area contributed by atoms with Gasteiger partial charge in [0.25, 0.3) is 0 Å². The zero-order chi connectivity index (χ0) is 22.9. The number of aryl methyl sites for hydroxylation is 2. The molecule has 0 saturated carbocycles. The van der Waals surface area contributed by atoms with Gasteiger partial charge in [-0.15, -0.1) is 0 Å². The van der Waals surface area contributed by atoms with Crippen LogP contribution in [-0.2, 0) is 7.05 Å². The second-order valence-corrected chi connectivity index (χ2v) is 8.55. The van der Waals surface area contributed by atoms with E-state index in [4.69, 9.17) is 0 Å². The highest BCUT2D eigenvalue weighted by Gasteiger charge is 2.33. The summed E-state index contributed by atoms with van der Waals surface area (Å²) in [5, 5.41) is 18.7. The van der Waals surface area contributed by atoms with E-state index < -0.39 is 12.2 Å². The van der Waals surface area contributed by atoms with E-state index in [0.29, 0.717) is 24.3 Å². The molecule has 3 heterocycles. The molecule has 1 aliphatic heterocycles. The fraction of sp³-hybridized carbons (Fsp3) is 0.417. The summed E-state index contributed by atoms with van der Waals surface area (Å²) in [4.78, 5) is 6.53. The Bertz CT molecular complexity index is 1100. The van der Waals surface area contributed by atoms with Gasteiger partial charge in [-0.25, -0.2) is 13.8 Å². The van der Waals surface area contributed by atoms with Gasteiger partial charge in [0.1, 0.15) is 5.82 Å². The minimum atomic E-state index is -2.67. The third kappa shape index (κ3) is 4.75. The summed E-state index contributed by atoms with van der Waals surface area (Å²) >= 11 is 0. The Morgan fingerprint density at radius 1 is 1.16 bits per heavy atom. The first-order valence-electron chi connectivity index (χ1n) is 10.9. The van der Waals surface area contributed by atoms with Gasteiger partial charge in [0.05, 0.1) is 6.20 Å². The van der Waals surface area contributed by atoms with Crippen molar-refractivity contribution in [2.24, 2.45) is 7.05 Å². The second kappa shape index (κ2) is 8.86. The minimum absolute atomic E-state index is 0.129. The molecule has 0 amide bonds. The number of aliphatic hydroxyl groups excluding tert-OH is 1. The van der Waals surface area contributed by atoms with Crippen molar-refractivity contribution in [1.82, 2.24) is 14.8 Å². The zero-order valence-corrected chi connectivity index (χ0v) is 18.6. The number of rotatable bonds is 5. The summed E-state index contributed by atoms with van der Waals surface area (Å²) in [5.74, 6) is -2.13. The standard InChI is InChI=1S/C24H29F2N5O/c1-16-6-4-7-19(12-16)29-23(32)21-17(2)20(18-13-28-30(3)15-18)14-27-22(21)31-10-5-8-24(25,26)9-11-31/h4,6-7,12-15,23,29,32H,5,8-11H2,1-3H3. The van der Waals surface area contributed by atoms with Gasteiger partial charge >= 0.3 is 0 Å². The highest BCUT2D eigenvalue weighted by molar-refractivity contribution is 5.71. The predicted octanol–water partition coefficient (Wildman–Crippen LogP) is 4.83. The summed E-state index contributed by atoms with van der Waals surface area (Å²) < 4.78 is 29.7. The Morgan fingerprint density at radius 3 is 2.69 bits per heavy atom. The molecule has 1 unspecified atom stereocenters. The number of benzene rings is 1. The Hall–Kier alpha value is -3.00. The van der Waals surface area contributed by atoms with Crippen molar-refractivity contribution in [3.63, 3.8) is 0 Å². The minimum Gasteiger partial charge on any atom is -0.369 e. The molecule has 4 rings (SSSR count). The molecule has 1 fully saturated rings. The first kappa shape index (κ1) is 22.2. The first-order chi connectivity index (χ1) is 15.2. The number of nitrogens with zero attached hydrogens (tertiary/aromatic N) is 4. The van der Waals surface area contributed by atoms with Crippen molar-refractivity contribution in [1.29, 1.82) is 0 Å². The molecular weight excluding hydrogens is 412 g/mol. The topological polar surface area (TPSA) is 66.2 Å². The van der Waals surface area contributed by atoms with Gasteiger partial charge in [0, 0.05) is 67.8 Å². The van der Waals surface area contributed by atoms with Gasteiger partial charge < -0.3 is 15.3 Å². The van der Waals surface area contributed by atoms with Crippen molar-refractivity contribution in [3.05, 3.63) is 59.5 Å². The zero-order valence-electron chi connectivity index (χ0n) is 18.6. The molecule has 1 saturated heterocycles. The lowest BCUT2D eigenvalue weighted by molar-refractivity contribution is -0.0102. The van der Waals surface area contributed by atoms with E-state index in [9.17, 15) is 13.9 Å². The normalized spacial score (nSPS) is 17.1. The number of pyridine rings is 1. The van der Waals surface area contributed by atoms with E-state index in [-0.39, 0.29) is 19.4 Å². The Balaban J connectivity index is 1.76. The van der Waals surface area contributed by atoms with Gasteiger partial charge in [-0.3, -0.25) is 4.68 Å². The molecular formula is C24H29F2N5O. The van der Waals surface area contributed by atoms with Crippen LogP contribution in [0.4, 0.5) is 20.3 Å². The summed E-state index contributed by atoms with van der Waals surface area (Å²) in [6.07, 6.45) is 4.35. The summed E-state index contributed by atoms with van der Waals surface area (Å²) in [6, 6.07) is 7.73. The molecule has 0 spiro atoms. The van der Waals surface area contributed by atoms with Crippen LogP contribution in [0.5, 0.6) is 0 Å². The number of halogens is 2. The van der Waals surface area contributed by atoms with E-state index >= 15 is 0 Å². The maximum atomic E-state index is 14.0. The number of hydrogen-bond acceptors (Lipinski definition) is 5. The number of anilines is 2. The van der Waals surface area contributed by atoms with Crippen LogP contribution in [0, 0.1) is 13.8 Å². The molecule has 1 aliphatic rings. The Kier molecular flexibility index (Phi) is 6.15. The summed E-state index contributed by atoms with van der Waals surface area (Å²) in [5.41, 5.74) is 5.01. The van der Waals surface area contributed by atoms with Crippen molar-refractivity contribution in [2.45, 2.75) is 45.3 Å². The molecule has 32 heavy (non-hydrogen) atoms. The lowest BCUT2D eigenvalue weighted by Gasteiger charge is -2.28. The molecule has 170 valence electrons. The highest BCUT2D eigenvalue weighted by atomic mass is 19.3. The monoisotopic (exact) mass is 441 g/mol. The van der Waals surface area contributed by atoms with Crippen LogP contribution in [0.3, 0.4) is 0 Å². The summed E-state index contributed by atoms with van der Waals surface area (Å²) in [6.45, 7) is 4.57. The predicted molar refractivity (Wildman–Crippen MR) is 122 cm³/mol. The molecule has 0 radical (unpaired) electrons. The number of hydrogen-bond donors (Lipinski definition) is 2. The molecule has 8 heteroatoms. The molecule has 1 atom stereocenters. The lowest BCUT2D eigenvalue weighted by atomic mass is 9.99. The average Bonchev–Trinajstić information content (AvgIpc) is 3.07. The van der Waals surface area contributed by atoms with Crippen molar-refractivity contribution >= 4 is 11.5 Å². The van der Waals surface area contributed by atoms with Gasteiger partial charge in [-0.05, 0) is 43.5 Å². The highest BCUT2D eigenvalue weighted by Crippen LogP contribution is 2.37. The molecule has 2 N–H and O–H groups in total. The van der Waals surface area contributed by atoms with Gasteiger partial charge in [0.15, 0.2) is 6.23 Å². The maximum absolute atomic E-state index is 14.0. The Morgan fingerprint density at radius 2 is 1.97 bits per heavy atom. The summed E-state index contributed by atoms with van der Waals surface area (Å²) in [7, 11) is 1.84. The van der Waals surface area contributed by atoms with Gasteiger partial charge in [-0.1, -0.05) is 12.1 Å². The lowest BCUT2D eigenvalue weighted by Crippen LogP contribution is -2.29. The van der Waals surface area contributed by atoms with Gasteiger partial charge in [0.2, 0.25) is 5.92 Å². The number of alkyl halides is 2. The fourth-order valence-electron chi connectivity index (χ4n) is 4.28. The third-order valence-corrected chi connectivity index (χ3v) is 5.99. The van der Waals surface area contributed by atoms with Crippen molar-refractivity contribution in [2.75, 3.05) is 23.3 Å². The van der Waals surface area contributed by atoms with Crippen molar-refractivity contribution < 1.29 is 13.9 Å². The van der Waals surface area contributed by atoms with Crippen LogP contribution in [0.1, 0.15) is 42.2 Å². The molecule has 6 nitrogen and oxygen atoms in total.